The fourth-order valence-corrected chi connectivity index (χ4v) is 4.81. The van der Waals surface area contributed by atoms with Crippen molar-refractivity contribution >= 4 is 40.7 Å². The van der Waals surface area contributed by atoms with Crippen LogP contribution in [-0.2, 0) is 16.2 Å². The summed E-state index contributed by atoms with van der Waals surface area (Å²) in [5.41, 5.74) is 3.54. The first-order chi connectivity index (χ1) is 12.7. The molecule has 0 aliphatic heterocycles. The van der Waals surface area contributed by atoms with Gasteiger partial charge >= 0.3 is 5.97 Å². The van der Waals surface area contributed by atoms with Crippen LogP contribution < -0.4 is 0 Å². The Morgan fingerprint density at radius 3 is 2.50 bits per heavy atom. The molecule has 0 atom stereocenters. The molecule has 0 unspecified atom stereocenters. The van der Waals surface area contributed by atoms with Gasteiger partial charge in [0, 0.05) is 21.4 Å². The molecule has 0 fully saturated rings. The second kappa shape index (κ2) is 9.26. The van der Waals surface area contributed by atoms with Crippen molar-refractivity contribution in [3.8, 4) is 10.4 Å². The summed E-state index contributed by atoms with van der Waals surface area (Å²) < 4.78 is 5.17. The average Bonchev–Trinajstić information content (AvgIpc) is 3.09. The van der Waals surface area contributed by atoms with Crippen LogP contribution in [0.5, 0.6) is 0 Å². The van der Waals surface area contributed by atoms with E-state index in [2.05, 4.69) is 12.1 Å². The van der Waals surface area contributed by atoms with E-state index in [9.17, 15) is 4.79 Å². The largest absolute Gasteiger partial charge is 0.462 e. The monoisotopic (exact) mass is 402 g/mol. The molecule has 3 rings (SSSR count). The van der Waals surface area contributed by atoms with E-state index in [0.717, 1.165) is 27.0 Å². The second-order valence-electron chi connectivity index (χ2n) is 5.67. The minimum atomic E-state index is -0.247. The first kappa shape index (κ1) is 19.0. The maximum atomic E-state index is 12.1. The summed E-state index contributed by atoms with van der Waals surface area (Å²) in [6, 6.07) is 20.1. The van der Waals surface area contributed by atoms with E-state index in [0.29, 0.717) is 11.5 Å². The number of thioether (sulfide) groups is 1. The first-order valence-corrected chi connectivity index (χ1v) is 10.7. The van der Waals surface area contributed by atoms with Gasteiger partial charge in [0.05, 0.1) is 6.61 Å². The Morgan fingerprint density at radius 1 is 1.08 bits per heavy atom. The molecule has 0 radical (unpaired) electrons. The zero-order chi connectivity index (χ0) is 18.4. The minimum absolute atomic E-state index is 0.247. The predicted molar refractivity (Wildman–Crippen MR) is 112 cm³/mol. The number of hydrogen-bond donors (Lipinski definition) is 0. The molecule has 0 saturated heterocycles. The fraction of sp³-hybridized carbons (Fsp3) is 0.190. The molecule has 0 amide bonds. The zero-order valence-corrected chi connectivity index (χ0v) is 16.8. The van der Waals surface area contributed by atoms with Gasteiger partial charge in [0.25, 0.3) is 0 Å². The summed E-state index contributed by atoms with van der Waals surface area (Å²) in [6.07, 6.45) is 0. The van der Waals surface area contributed by atoms with Crippen LogP contribution >= 0.6 is 34.7 Å². The molecule has 1 aromatic heterocycles. The van der Waals surface area contributed by atoms with Crippen molar-refractivity contribution < 1.29 is 9.53 Å². The Balaban J connectivity index is 1.77. The van der Waals surface area contributed by atoms with Crippen molar-refractivity contribution in [1.29, 1.82) is 0 Å². The normalized spacial score (nSPS) is 10.7. The van der Waals surface area contributed by atoms with Gasteiger partial charge in [-0.15, -0.1) is 11.3 Å². The Bertz CT molecular complexity index is 857. The Hall–Kier alpha value is -1.75. The standard InChI is InChI=1S/C21H19ClO2S2/c1-2-24-21(23)19-12-17(20(26-19)16-6-4-3-5-7-16)14-25-13-15-8-10-18(22)11-9-15/h3-12H,2,13-14H2,1H3. The van der Waals surface area contributed by atoms with Crippen molar-refractivity contribution in [2.45, 2.75) is 18.4 Å². The highest BCUT2D eigenvalue weighted by Gasteiger charge is 2.16. The van der Waals surface area contributed by atoms with E-state index < -0.39 is 0 Å². The van der Waals surface area contributed by atoms with Crippen molar-refractivity contribution in [3.05, 3.63) is 81.7 Å². The van der Waals surface area contributed by atoms with Gasteiger partial charge in [-0.25, -0.2) is 4.79 Å². The molecular formula is C21H19ClO2S2. The number of ether oxygens (including phenoxy) is 1. The average molecular weight is 403 g/mol. The topological polar surface area (TPSA) is 26.3 Å². The highest BCUT2D eigenvalue weighted by molar-refractivity contribution is 7.97. The van der Waals surface area contributed by atoms with E-state index in [1.165, 1.54) is 22.5 Å². The zero-order valence-electron chi connectivity index (χ0n) is 14.4. The van der Waals surface area contributed by atoms with Crippen molar-refractivity contribution in [1.82, 2.24) is 0 Å². The number of esters is 1. The third-order valence-corrected chi connectivity index (χ3v) is 6.27. The third-order valence-electron chi connectivity index (χ3n) is 3.76. The molecule has 3 aromatic rings. The molecule has 5 heteroatoms. The maximum absolute atomic E-state index is 12.1. The smallest absolute Gasteiger partial charge is 0.348 e. The maximum Gasteiger partial charge on any atom is 0.348 e. The van der Waals surface area contributed by atoms with Crippen LogP contribution in [0.2, 0.25) is 5.02 Å². The van der Waals surface area contributed by atoms with Crippen LogP contribution in [0.4, 0.5) is 0 Å². The Morgan fingerprint density at radius 2 is 1.81 bits per heavy atom. The molecular weight excluding hydrogens is 384 g/mol. The number of benzene rings is 2. The van der Waals surface area contributed by atoms with Crippen LogP contribution in [-0.4, -0.2) is 12.6 Å². The molecule has 134 valence electrons. The van der Waals surface area contributed by atoms with E-state index in [4.69, 9.17) is 16.3 Å². The van der Waals surface area contributed by atoms with Gasteiger partial charge in [0.15, 0.2) is 0 Å². The summed E-state index contributed by atoms with van der Waals surface area (Å²) in [4.78, 5) is 13.9. The summed E-state index contributed by atoms with van der Waals surface area (Å²) in [5.74, 6) is 1.49. The van der Waals surface area contributed by atoms with Gasteiger partial charge in [-0.1, -0.05) is 54.1 Å². The number of hydrogen-bond acceptors (Lipinski definition) is 4. The summed E-state index contributed by atoms with van der Waals surface area (Å²) >= 11 is 9.27. The molecule has 1 heterocycles. The molecule has 0 saturated carbocycles. The van der Waals surface area contributed by atoms with Gasteiger partial charge in [-0.2, -0.15) is 11.8 Å². The lowest BCUT2D eigenvalue weighted by Gasteiger charge is -2.05. The SMILES string of the molecule is CCOC(=O)c1cc(CSCc2ccc(Cl)cc2)c(-c2ccccc2)s1. The molecule has 2 aromatic carbocycles. The Kier molecular flexibility index (Phi) is 6.78. The van der Waals surface area contributed by atoms with Gasteiger partial charge in [0.1, 0.15) is 4.88 Å². The molecule has 0 aliphatic carbocycles. The Labute approximate surface area is 167 Å². The minimum Gasteiger partial charge on any atom is -0.462 e. The molecule has 0 aliphatic rings. The number of thiophene rings is 1. The number of rotatable bonds is 7. The lowest BCUT2D eigenvalue weighted by molar-refractivity contribution is 0.0532. The summed E-state index contributed by atoms with van der Waals surface area (Å²) in [7, 11) is 0. The lowest BCUT2D eigenvalue weighted by Crippen LogP contribution is -2.01. The molecule has 0 spiro atoms. The number of halogens is 1. The molecule has 0 N–H and O–H groups in total. The van der Waals surface area contributed by atoms with E-state index in [-0.39, 0.29) is 5.97 Å². The van der Waals surface area contributed by atoms with Crippen molar-refractivity contribution in [3.63, 3.8) is 0 Å². The summed E-state index contributed by atoms with van der Waals surface area (Å²) in [6.45, 7) is 2.21. The highest BCUT2D eigenvalue weighted by Crippen LogP contribution is 2.36. The van der Waals surface area contributed by atoms with Crippen LogP contribution in [0.1, 0.15) is 27.7 Å². The van der Waals surface area contributed by atoms with Crippen LogP contribution in [0, 0.1) is 0 Å². The summed E-state index contributed by atoms with van der Waals surface area (Å²) in [5, 5.41) is 0.752. The van der Waals surface area contributed by atoms with Gasteiger partial charge in [0.2, 0.25) is 0 Å². The van der Waals surface area contributed by atoms with E-state index in [1.54, 1.807) is 0 Å². The van der Waals surface area contributed by atoms with E-state index in [1.807, 2.05) is 67.2 Å². The molecule has 0 bridgehead atoms. The fourth-order valence-electron chi connectivity index (χ4n) is 2.53. The van der Waals surface area contributed by atoms with Gasteiger partial charge in [-0.3, -0.25) is 0 Å². The van der Waals surface area contributed by atoms with Crippen molar-refractivity contribution in [2.75, 3.05) is 6.61 Å². The van der Waals surface area contributed by atoms with Gasteiger partial charge < -0.3 is 4.74 Å². The molecule has 26 heavy (non-hydrogen) atoms. The van der Waals surface area contributed by atoms with E-state index >= 15 is 0 Å². The predicted octanol–water partition coefficient (Wildman–Crippen LogP) is 6.68. The quantitative estimate of drug-likeness (QED) is 0.412. The van der Waals surface area contributed by atoms with Gasteiger partial charge in [-0.05, 0) is 41.8 Å². The van der Waals surface area contributed by atoms with Crippen LogP contribution in [0.15, 0.2) is 60.7 Å². The number of carbonyl (C=O) groups is 1. The highest BCUT2D eigenvalue weighted by atomic mass is 35.5. The van der Waals surface area contributed by atoms with Crippen LogP contribution in [0.25, 0.3) is 10.4 Å². The van der Waals surface area contributed by atoms with Crippen molar-refractivity contribution in [2.24, 2.45) is 0 Å². The number of carbonyl (C=O) groups excluding carboxylic acids is 1. The first-order valence-electron chi connectivity index (χ1n) is 8.35. The molecule has 2 nitrogen and oxygen atoms in total. The second-order valence-corrected chi connectivity index (χ2v) is 8.15. The van der Waals surface area contributed by atoms with Crippen LogP contribution in [0.3, 0.4) is 0 Å². The third kappa shape index (κ3) is 4.91. The lowest BCUT2D eigenvalue weighted by atomic mass is 10.1.